The number of hydrogen-bond donors (Lipinski definition) is 1. The van der Waals surface area contributed by atoms with Gasteiger partial charge in [0.1, 0.15) is 18.1 Å². The Labute approximate surface area is 109 Å². The molecule has 90 valence electrons. The molecule has 0 radical (unpaired) electrons. The van der Waals surface area contributed by atoms with E-state index in [2.05, 4.69) is 21.2 Å². The minimum Gasteiger partial charge on any atom is -0.489 e. The van der Waals surface area contributed by atoms with Gasteiger partial charge in [0.15, 0.2) is 0 Å². The number of halogens is 1. The van der Waals surface area contributed by atoms with Crippen molar-refractivity contribution >= 4 is 15.9 Å². The first-order valence-electron chi connectivity index (χ1n) is 5.38. The summed E-state index contributed by atoms with van der Waals surface area (Å²) in [7, 11) is 1.89. The summed E-state index contributed by atoms with van der Waals surface area (Å²) < 4.78 is 12.1. The summed E-state index contributed by atoms with van der Waals surface area (Å²) in [5.74, 6) is 1.77. The lowest BCUT2D eigenvalue weighted by molar-refractivity contribution is 0.301. The van der Waals surface area contributed by atoms with Crippen molar-refractivity contribution in [3.63, 3.8) is 0 Å². The molecule has 0 bridgehead atoms. The Hall–Kier alpha value is -1.26. The van der Waals surface area contributed by atoms with Crippen molar-refractivity contribution in [1.82, 2.24) is 5.32 Å². The molecule has 2 rings (SSSR count). The summed E-state index contributed by atoms with van der Waals surface area (Å²) in [6.45, 7) is 1.24. The highest BCUT2D eigenvalue weighted by Gasteiger charge is 2.05. The average molecular weight is 296 g/mol. The standard InChI is InChI=1S/C13H14BrNO2/c1-15-8-13-10(6-7-16-13)9-17-12-4-2-11(14)3-5-12/h2-7,15H,8-9H2,1H3. The number of benzene rings is 1. The maximum Gasteiger partial charge on any atom is 0.124 e. The van der Waals surface area contributed by atoms with Crippen LogP contribution < -0.4 is 10.1 Å². The molecule has 1 heterocycles. The van der Waals surface area contributed by atoms with Gasteiger partial charge in [-0.2, -0.15) is 0 Å². The summed E-state index contributed by atoms with van der Waals surface area (Å²) in [4.78, 5) is 0. The van der Waals surface area contributed by atoms with Gasteiger partial charge in [-0.05, 0) is 37.4 Å². The van der Waals surface area contributed by atoms with Gasteiger partial charge in [-0.15, -0.1) is 0 Å². The van der Waals surface area contributed by atoms with Gasteiger partial charge in [0.05, 0.1) is 12.8 Å². The van der Waals surface area contributed by atoms with Crippen LogP contribution in [0.2, 0.25) is 0 Å². The molecule has 0 atom stereocenters. The van der Waals surface area contributed by atoms with Crippen LogP contribution in [0, 0.1) is 0 Å². The molecule has 0 saturated carbocycles. The van der Waals surface area contributed by atoms with E-state index in [4.69, 9.17) is 9.15 Å². The molecule has 0 saturated heterocycles. The van der Waals surface area contributed by atoms with Crippen LogP contribution in [0.4, 0.5) is 0 Å². The number of rotatable bonds is 5. The van der Waals surface area contributed by atoms with Crippen LogP contribution in [0.5, 0.6) is 5.75 Å². The summed E-state index contributed by atoms with van der Waals surface area (Å²) in [6.07, 6.45) is 1.69. The van der Waals surface area contributed by atoms with Crippen LogP contribution in [-0.4, -0.2) is 7.05 Å². The van der Waals surface area contributed by atoms with E-state index in [0.29, 0.717) is 13.2 Å². The van der Waals surface area contributed by atoms with E-state index in [1.54, 1.807) is 6.26 Å². The number of furan rings is 1. The number of hydrogen-bond acceptors (Lipinski definition) is 3. The molecule has 1 aromatic heterocycles. The maximum atomic E-state index is 5.68. The largest absolute Gasteiger partial charge is 0.489 e. The first kappa shape index (κ1) is 12.2. The smallest absolute Gasteiger partial charge is 0.124 e. The van der Waals surface area contributed by atoms with E-state index >= 15 is 0 Å². The van der Waals surface area contributed by atoms with Gasteiger partial charge in [0.2, 0.25) is 0 Å². The Bertz CT molecular complexity index is 465. The maximum absolute atomic E-state index is 5.68. The zero-order chi connectivity index (χ0) is 12.1. The fraction of sp³-hybridized carbons (Fsp3) is 0.231. The van der Waals surface area contributed by atoms with E-state index in [9.17, 15) is 0 Å². The fourth-order valence-electron chi connectivity index (χ4n) is 1.50. The summed E-state index contributed by atoms with van der Waals surface area (Å²) in [5.41, 5.74) is 1.07. The molecule has 3 nitrogen and oxygen atoms in total. The number of ether oxygens (including phenoxy) is 1. The second-order valence-corrected chi connectivity index (χ2v) is 4.56. The lowest BCUT2D eigenvalue weighted by atomic mass is 10.2. The quantitative estimate of drug-likeness (QED) is 0.919. The first-order chi connectivity index (χ1) is 8.29. The molecule has 0 fully saturated rings. The minimum atomic E-state index is 0.523. The summed E-state index contributed by atoms with van der Waals surface area (Å²) >= 11 is 3.39. The molecule has 2 aromatic rings. The van der Waals surface area contributed by atoms with E-state index < -0.39 is 0 Å². The molecule has 17 heavy (non-hydrogen) atoms. The van der Waals surface area contributed by atoms with Gasteiger partial charge in [0, 0.05) is 10.0 Å². The summed E-state index contributed by atoms with van der Waals surface area (Å²) in [5, 5.41) is 3.06. The Morgan fingerprint density at radius 3 is 2.71 bits per heavy atom. The monoisotopic (exact) mass is 295 g/mol. The minimum absolute atomic E-state index is 0.523. The van der Waals surface area contributed by atoms with Crippen LogP contribution in [0.15, 0.2) is 45.5 Å². The van der Waals surface area contributed by atoms with Crippen molar-refractivity contribution in [2.24, 2.45) is 0 Å². The van der Waals surface area contributed by atoms with Crippen molar-refractivity contribution in [2.45, 2.75) is 13.2 Å². The van der Waals surface area contributed by atoms with E-state index in [1.165, 1.54) is 0 Å². The molecular formula is C13H14BrNO2. The Balaban J connectivity index is 1.97. The van der Waals surface area contributed by atoms with E-state index in [-0.39, 0.29) is 0 Å². The zero-order valence-corrected chi connectivity index (χ0v) is 11.2. The van der Waals surface area contributed by atoms with Crippen LogP contribution in [0.3, 0.4) is 0 Å². The van der Waals surface area contributed by atoms with Crippen molar-refractivity contribution in [1.29, 1.82) is 0 Å². The third-order valence-corrected chi connectivity index (χ3v) is 2.91. The third kappa shape index (κ3) is 3.35. The molecule has 0 aliphatic heterocycles. The van der Waals surface area contributed by atoms with Gasteiger partial charge in [0.25, 0.3) is 0 Å². The number of nitrogens with one attached hydrogen (secondary N) is 1. The van der Waals surface area contributed by atoms with Crippen molar-refractivity contribution in [3.05, 3.63) is 52.4 Å². The topological polar surface area (TPSA) is 34.4 Å². The van der Waals surface area contributed by atoms with Gasteiger partial charge in [-0.3, -0.25) is 0 Å². The Morgan fingerprint density at radius 2 is 2.00 bits per heavy atom. The summed E-state index contributed by atoms with van der Waals surface area (Å²) in [6, 6.07) is 9.72. The van der Waals surface area contributed by atoms with Crippen LogP contribution in [0.1, 0.15) is 11.3 Å². The molecule has 1 N–H and O–H groups in total. The van der Waals surface area contributed by atoms with Gasteiger partial charge >= 0.3 is 0 Å². The predicted octanol–water partition coefficient (Wildman–Crippen LogP) is 3.34. The second kappa shape index (κ2) is 5.89. The van der Waals surface area contributed by atoms with Gasteiger partial charge in [-0.1, -0.05) is 15.9 Å². The molecule has 0 aliphatic rings. The van der Waals surface area contributed by atoms with Crippen molar-refractivity contribution < 1.29 is 9.15 Å². The normalized spacial score (nSPS) is 10.5. The molecule has 0 spiro atoms. The fourth-order valence-corrected chi connectivity index (χ4v) is 1.77. The highest BCUT2D eigenvalue weighted by atomic mass is 79.9. The highest BCUT2D eigenvalue weighted by molar-refractivity contribution is 9.10. The lowest BCUT2D eigenvalue weighted by Gasteiger charge is -2.06. The molecule has 0 unspecified atom stereocenters. The van der Waals surface area contributed by atoms with Crippen LogP contribution >= 0.6 is 15.9 Å². The molecular weight excluding hydrogens is 282 g/mol. The Morgan fingerprint density at radius 1 is 1.24 bits per heavy atom. The van der Waals surface area contributed by atoms with Gasteiger partial charge in [-0.25, -0.2) is 0 Å². The second-order valence-electron chi connectivity index (χ2n) is 3.64. The lowest BCUT2D eigenvalue weighted by Crippen LogP contribution is -2.07. The van der Waals surface area contributed by atoms with Crippen molar-refractivity contribution in [3.8, 4) is 5.75 Å². The molecule has 4 heteroatoms. The predicted molar refractivity (Wildman–Crippen MR) is 69.9 cm³/mol. The highest BCUT2D eigenvalue weighted by Crippen LogP contribution is 2.18. The van der Waals surface area contributed by atoms with E-state index in [1.807, 2.05) is 37.4 Å². The Kier molecular flexibility index (Phi) is 4.23. The SMILES string of the molecule is CNCc1occc1COc1ccc(Br)cc1. The zero-order valence-electron chi connectivity index (χ0n) is 9.57. The van der Waals surface area contributed by atoms with Crippen LogP contribution in [-0.2, 0) is 13.2 Å². The molecule has 1 aromatic carbocycles. The third-order valence-electron chi connectivity index (χ3n) is 2.38. The van der Waals surface area contributed by atoms with Gasteiger partial charge < -0.3 is 14.5 Å². The molecule has 0 aliphatic carbocycles. The van der Waals surface area contributed by atoms with Crippen molar-refractivity contribution in [2.75, 3.05) is 7.05 Å². The first-order valence-corrected chi connectivity index (χ1v) is 6.17. The average Bonchev–Trinajstić information content (AvgIpc) is 2.77. The van der Waals surface area contributed by atoms with E-state index in [0.717, 1.165) is 21.5 Å². The molecule has 0 amide bonds. The van der Waals surface area contributed by atoms with Crippen LogP contribution in [0.25, 0.3) is 0 Å².